The van der Waals surface area contributed by atoms with Gasteiger partial charge in [0.2, 0.25) is 0 Å². The minimum Gasteiger partial charge on any atom is -0.398 e. The maximum absolute atomic E-state index is 12.0. The molecule has 1 aromatic heterocycles. The second-order valence-corrected chi connectivity index (χ2v) is 4.62. The van der Waals surface area contributed by atoms with E-state index in [1.54, 1.807) is 0 Å². The van der Waals surface area contributed by atoms with Gasteiger partial charge < -0.3 is 5.73 Å². The van der Waals surface area contributed by atoms with Gasteiger partial charge in [-0.3, -0.25) is 20.0 Å². The molecule has 1 amide bonds. The number of aromatic amines is 1. The summed E-state index contributed by atoms with van der Waals surface area (Å²) in [5.41, 5.74) is 6.58. The fourth-order valence-corrected chi connectivity index (χ4v) is 2.10. The summed E-state index contributed by atoms with van der Waals surface area (Å²) in [5.74, 6) is -0.710. The van der Waals surface area contributed by atoms with Crippen molar-refractivity contribution in [2.24, 2.45) is 0 Å². The Hall–Kier alpha value is -2.25. The zero-order chi connectivity index (χ0) is 14.9. The summed E-state index contributed by atoms with van der Waals surface area (Å²) < 4.78 is 0.800. The minimum absolute atomic E-state index is 0.0193. The number of nitrogens with one attached hydrogen (secondary N) is 2. The van der Waals surface area contributed by atoms with Crippen molar-refractivity contribution in [3.05, 3.63) is 60.8 Å². The number of hydrogen-bond acceptors (Lipinski definition) is 4. The molecule has 0 aliphatic carbocycles. The molecule has 0 saturated carbocycles. The highest BCUT2D eigenvalue weighted by atomic mass is 35.5. The number of carbonyl (C=O) groups is 1. The summed E-state index contributed by atoms with van der Waals surface area (Å²) in [7, 11) is 0. The van der Waals surface area contributed by atoms with Crippen LogP contribution in [0.2, 0.25) is 10.0 Å². The number of halogens is 2. The smallest absolute Gasteiger partial charge is 0.347 e. The van der Waals surface area contributed by atoms with E-state index in [1.807, 2.05) is 4.98 Å². The van der Waals surface area contributed by atoms with Gasteiger partial charge in [0, 0.05) is 23.0 Å². The maximum atomic E-state index is 12.0. The lowest BCUT2D eigenvalue weighted by Gasteiger charge is -2.10. The quantitative estimate of drug-likeness (QED) is 0.712. The molecule has 0 spiro atoms. The summed E-state index contributed by atoms with van der Waals surface area (Å²) in [6.07, 6.45) is 1.11. The third-order valence-corrected chi connectivity index (χ3v) is 2.87. The van der Waals surface area contributed by atoms with Gasteiger partial charge in [-0.05, 0) is 12.1 Å². The van der Waals surface area contributed by atoms with E-state index in [0.29, 0.717) is 0 Å². The van der Waals surface area contributed by atoms with Gasteiger partial charge >= 0.3 is 5.69 Å². The molecule has 104 valence electrons. The predicted molar refractivity (Wildman–Crippen MR) is 75.9 cm³/mol. The van der Waals surface area contributed by atoms with E-state index >= 15 is 0 Å². The second-order valence-electron chi connectivity index (χ2n) is 3.77. The van der Waals surface area contributed by atoms with Crippen molar-refractivity contribution in [2.45, 2.75) is 0 Å². The lowest BCUT2D eigenvalue weighted by atomic mass is 10.1. The Bertz CT molecular complexity index is 774. The lowest BCUT2D eigenvalue weighted by Crippen LogP contribution is -2.37. The van der Waals surface area contributed by atoms with E-state index in [-0.39, 0.29) is 21.3 Å². The van der Waals surface area contributed by atoms with Crippen LogP contribution in [-0.4, -0.2) is 15.6 Å². The highest BCUT2D eigenvalue weighted by Gasteiger charge is 2.16. The Balaban J connectivity index is 2.38. The number of nitrogens with two attached hydrogens (primary N) is 1. The Morgan fingerprint density at radius 3 is 2.60 bits per heavy atom. The number of nitrogen functional groups attached to an aromatic ring is 1. The van der Waals surface area contributed by atoms with E-state index in [1.165, 1.54) is 12.1 Å². The van der Waals surface area contributed by atoms with Crippen molar-refractivity contribution in [3.63, 3.8) is 0 Å². The Morgan fingerprint density at radius 1 is 1.30 bits per heavy atom. The van der Waals surface area contributed by atoms with Crippen LogP contribution >= 0.6 is 23.2 Å². The molecule has 9 heteroatoms. The van der Waals surface area contributed by atoms with Crippen LogP contribution in [0.25, 0.3) is 0 Å². The third kappa shape index (κ3) is 2.84. The summed E-state index contributed by atoms with van der Waals surface area (Å²) >= 11 is 11.6. The van der Waals surface area contributed by atoms with Crippen molar-refractivity contribution < 1.29 is 4.79 Å². The van der Waals surface area contributed by atoms with Gasteiger partial charge in [-0.2, -0.15) is 0 Å². The van der Waals surface area contributed by atoms with E-state index in [4.69, 9.17) is 28.9 Å². The van der Waals surface area contributed by atoms with Gasteiger partial charge in [-0.1, -0.05) is 23.2 Å². The van der Waals surface area contributed by atoms with Gasteiger partial charge in [-0.15, -0.1) is 0 Å². The topological polar surface area (TPSA) is 110 Å². The normalized spacial score (nSPS) is 10.3. The first kappa shape index (κ1) is 14.2. The van der Waals surface area contributed by atoms with Crippen molar-refractivity contribution in [3.8, 4) is 0 Å². The molecule has 0 aliphatic heterocycles. The van der Waals surface area contributed by atoms with Gasteiger partial charge in [-0.25, -0.2) is 9.47 Å². The van der Waals surface area contributed by atoms with E-state index in [2.05, 4.69) is 5.43 Å². The molecule has 0 saturated heterocycles. The van der Waals surface area contributed by atoms with Crippen LogP contribution in [0.1, 0.15) is 10.4 Å². The van der Waals surface area contributed by atoms with Gasteiger partial charge in [0.05, 0.1) is 10.6 Å². The lowest BCUT2D eigenvalue weighted by molar-refractivity contribution is 0.101. The molecule has 2 aromatic rings. The average molecular weight is 315 g/mol. The van der Waals surface area contributed by atoms with Crippen molar-refractivity contribution in [2.75, 3.05) is 11.2 Å². The third-order valence-electron chi connectivity index (χ3n) is 2.36. The zero-order valence-corrected chi connectivity index (χ0v) is 11.3. The number of nitrogens with zero attached hydrogens (tertiary/aromatic N) is 1. The number of benzene rings is 1. The second kappa shape index (κ2) is 5.40. The molecule has 0 fully saturated rings. The van der Waals surface area contributed by atoms with Crippen molar-refractivity contribution in [1.29, 1.82) is 0 Å². The first-order valence-corrected chi connectivity index (χ1v) is 6.02. The fourth-order valence-electron chi connectivity index (χ4n) is 1.50. The molecule has 7 nitrogen and oxygen atoms in total. The maximum Gasteiger partial charge on any atom is 0.347 e. The number of anilines is 1. The van der Waals surface area contributed by atoms with Crippen molar-refractivity contribution in [1.82, 2.24) is 9.66 Å². The number of hydrogen-bond donors (Lipinski definition) is 3. The minimum atomic E-state index is -0.797. The summed E-state index contributed by atoms with van der Waals surface area (Å²) in [4.78, 5) is 36.4. The molecule has 2 rings (SSSR count). The Kier molecular flexibility index (Phi) is 3.82. The highest BCUT2D eigenvalue weighted by Crippen LogP contribution is 2.27. The molecule has 0 atom stereocenters. The molecule has 0 bridgehead atoms. The number of H-pyrrole nitrogens is 1. The number of aromatic nitrogens is 2. The first-order chi connectivity index (χ1) is 9.38. The molecule has 1 heterocycles. The van der Waals surface area contributed by atoms with Crippen LogP contribution < -0.4 is 22.4 Å². The average Bonchev–Trinajstić information content (AvgIpc) is 2.31. The van der Waals surface area contributed by atoms with E-state index in [9.17, 15) is 14.4 Å². The molecule has 1 aromatic carbocycles. The molecule has 0 aliphatic rings. The van der Waals surface area contributed by atoms with Gasteiger partial charge in [0.25, 0.3) is 11.5 Å². The standard InChI is InChI=1S/C11H8Cl2N4O3/c12-5-3-6(13)9(7(14)4-5)10(19)16-17-2-1-8(18)15-11(17)20/h1-4H,14H2,(H,16,19)(H,15,18,20). The Morgan fingerprint density at radius 2 is 2.00 bits per heavy atom. The van der Waals surface area contributed by atoms with Crippen LogP contribution in [0.15, 0.2) is 34.0 Å². The molecule has 0 radical (unpaired) electrons. The SMILES string of the molecule is Nc1cc(Cl)cc(Cl)c1C(=O)Nn1ccc(=O)[nH]c1=O. The van der Waals surface area contributed by atoms with Crippen LogP contribution in [0.4, 0.5) is 5.69 Å². The predicted octanol–water partition coefficient (Wildman–Crippen LogP) is 0.809. The summed E-state index contributed by atoms with van der Waals surface area (Å²) in [6.45, 7) is 0. The fraction of sp³-hybridized carbons (Fsp3) is 0. The van der Waals surface area contributed by atoms with Gasteiger partial charge in [0.1, 0.15) is 0 Å². The monoisotopic (exact) mass is 314 g/mol. The summed E-state index contributed by atoms with van der Waals surface area (Å²) in [5, 5.41) is 0.329. The van der Waals surface area contributed by atoms with Crippen LogP contribution in [0.5, 0.6) is 0 Å². The van der Waals surface area contributed by atoms with Crippen molar-refractivity contribution >= 4 is 34.8 Å². The van der Waals surface area contributed by atoms with E-state index in [0.717, 1.165) is 16.9 Å². The molecule has 0 unspecified atom stereocenters. The zero-order valence-electron chi connectivity index (χ0n) is 9.81. The largest absolute Gasteiger partial charge is 0.398 e. The van der Waals surface area contributed by atoms with Crippen LogP contribution in [-0.2, 0) is 0 Å². The number of carbonyl (C=O) groups excluding carboxylic acids is 1. The van der Waals surface area contributed by atoms with Crippen LogP contribution in [0.3, 0.4) is 0 Å². The summed E-state index contributed by atoms with van der Waals surface area (Å²) in [6, 6.07) is 3.79. The van der Waals surface area contributed by atoms with E-state index < -0.39 is 17.2 Å². The molecule has 20 heavy (non-hydrogen) atoms. The highest BCUT2D eigenvalue weighted by molar-refractivity contribution is 6.38. The number of rotatable bonds is 2. The number of amides is 1. The molecular formula is C11H8Cl2N4O3. The van der Waals surface area contributed by atoms with Crippen LogP contribution in [0, 0.1) is 0 Å². The molecular weight excluding hydrogens is 307 g/mol. The first-order valence-electron chi connectivity index (χ1n) is 5.26. The Labute approximate surface area is 121 Å². The van der Waals surface area contributed by atoms with Gasteiger partial charge in [0.15, 0.2) is 0 Å². The molecule has 4 N–H and O–H groups in total.